The zero-order valence-electron chi connectivity index (χ0n) is 12.5. The minimum absolute atomic E-state index is 0.0115. The number of nitrogens with zero attached hydrogens (tertiary/aromatic N) is 1. The molecule has 0 spiro atoms. The fraction of sp³-hybridized carbons (Fsp3) is 0.625. The van der Waals surface area contributed by atoms with Gasteiger partial charge in [-0.15, -0.1) is 0 Å². The molecule has 5 heteroatoms. The Morgan fingerprint density at radius 3 is 2.67 bits per heavy atom. The van der Waals surface area contributed by atoms with Crippen LogP contribution in [0.15, 0.2) is 18.2 Å². The lowest BCUT2D eigenvalue weighted by Crippen LogP contribution is -2.32. The largest absolute Gasteiger partial charge is 0.310 e. The van der Waals surface area contributed by atoms with Gasteiger partial charge in [0, 0.05) is 18.7 Å². The van der Waals surface area contributed by atoms with E-state index in [9.17, 15) is 10.1 Å². The summed E-state index contributed by atoms with van der Waals surface area (Å²) in [5, 5.41) is 14.6. The monoisotopic (exact) mass is 310 g/mol. The Labute approximate surface area is 131 Å². The molecular formula is C16H23ClN2O2. The van der Waals surface area contributed by atoms with Crippen molar-refractivity contribution in [2.24, 2.45) is 5.92 Å². The first-order valence-electron chi connectivity index (χ1n) is 7.76. The first-order chi connectivity index (χ1) is 10.1. The summed E-state index contributed by atoms with van der Waals surface area (Å²) in [6.07, 6.45) is 7.63. The number of benzene rings is 1. The molecule has 0 bridgehead atoms. The van der Waals surface area contributed by atoms with Crippen LogP contribution in [-0.2, 0) is 6.54 Å². The van der Waals surface area contributed by atoms with E-state index in [1.54, 1.807) is 12.1 Å². The molecule has 1 aromatic rings. The average molecular weight is 311 g/mol. The van der Waals surface area contributed by atoms with E-state index >= 15 is 0 Å². The fourth-order valence-electron chi connectivity index (χ4n) is 3.13. The summed E-state index contributed by atoms with van der Waals surface area (Å²) < 4.78 is 0. The van der Waals surface area contributed by atoms with Crippen LogP contribution in [0.1, 0.15) is 51.0 Å². The van der Waals surface area contributed by atoms with Gasteiger partial charge in [-0.3, -0.25) is 10.1 Å². The lowest BCUT2D eigenvalue weighted by atomic mass is 9.83. The summed E-state index contributed by atoms with van der Waals surface area (Å²) in [5.41, 5.74) is 0.907. The van der Waals surface area contributed by atoms with Gasteiger partial charge < -0.3 is 5.32 Å². The number of rotatable bonds is 6. The van der Waals surface area contributed by atoms with Crippen molar-refractivity contribution in [3.05, 3.63) is 38.9 Å². The molecule has 0 atom stereocenters. The molecule has 0 amide bonds. The van der Waals surface area contributed by atoms with E-state index in [0.717, 1.165) is 11.5 Å². The van der Waals surface area contributed by atoms with Crippen LogP contribution in [0.25, 0.3) is 0 Å². The average Bonchev–Trinajstić information content (AvgIpc) is 2.48. The predicted molar refractivity (Wildman–Crippen MR) is 85.6 cm³/mol. The minimum atomic E-state index is -0.429. The molecule has 1 saturated carbocycles. The van der Waals surface area contributed by atoms with E-state index < -0.39 is 4.92 Å². The number of nitrogens with one attached hydrogen (secondary N) is 1. The maximum absolute atomic E-state index is 10.9. The molecule has 2 rings (SSSR count). The van der Waals surface area contributed by atoms with Gasteiger partial charge in [-0.1, -0.05) is 37.4 Å². The van der Waals surface area contributed by atoms with E-state index in [4.69, 9.17) is 11.6 Å². The Kier molecular flexibility index (Phi) is 6.00. The molecule has 1 aliphatic carbocycles. The number of hydrogen-bond acceptors (Lipinski definition) is 3. The van der Waals surface area contributed by atoms with Crippen LogP contribution in [0.4, 0.5) is 5.69 Å². The third-order valence-electron chi connectivity index (χ3n) is 4.35. The van der Waals surface area contributed by atoms with Crippen molar-refractivity contribution < 1.29 is 4.92 Å². The van der Waals surface area contributed by atoms with Crippen LogP contribution in [-0.4, -0.2) is 11.0 Å². The molecule has 1 fully saturated rings. The van der Waals surface area contributed by atoms with Crippen molar-refractivity contribution in [3.63, 3.8) is 0 Å². The number of hydrogen-bond donors (Lipinski definition) is 1. The second-order valence-electron chi connectivity index (χ2n) is 5.93. The lowest BCUT2D eigenvalue weighted by Gasteiger charge is -2.29. The molecule has 21 heavy (non-hydrogen) atoms. The van der Waals surface area contributed by atoms with Gasteiger partial charge in [-0.2, -0.15) is 0 Å². The van der Waals surface area contributed by atoms with E-state index in [0.29, 0.717) is 12.6 Å². The number of nitro benzene ring substituents is 1. The van der Waals surface area contributed by atoms with Crippen LogP contribution in [0.3, 0.4) is 0 Å². The molecule has 1 aromatic carbocycles. The zero-order chi connectivity index (χ0) is 15.2. The second kappa shape index (κ2) is 7.76. The Morgan fingerprint density at radius 2 is 2.05 bits per heavy atom. The highest BCUT2D eigenvalue weighted by Gasteiger charge is 2.20. The molecule has 0 aliphatic heterocycles. The van der Waals surface area contributed by atoms with Crippen molar-refractivity contribution >= 4 is 17.3 Å². The van der Waals surface area contributed by atoms with Crippen molar-refractivity contribution in [2.75, 3.05) is 0 Å². The van der Waals surface area contributed by atoms with Crippen LogP contribution in [0.5, 0.6) is 0 Å². The Balaban J connectivity index is 1.84. The van der Waals surface area contributed by atoms with Crippen LogP contribution in [0, 0.1) is 16.0 Å². The normalized spacial score (nSPS) is 22.2. The molecule has 116 valence electrons. The highest BCUT2D eigenvalue weighted by molar-refractivity contribution is 6.32. The van der Waals surface area contributed by atoms with Crippen molar-refractivity contribution in [2.45, 2.75) is 58.0 Å². The maximum Gasteiger partial charge on any atom is 0.288 e. The van der Waals surface area contributed by atoms with Crippen molar-refractivity contribution in [1.29, 1.82) is 0 Å². The number of nitro groups is 1. The molecule has 0 saturated heterocycles. The molecule has 0 radical (unpaired) electrons. The van der Waals surface area contributed by atoms with Gasteiger partial charge in [0.25, 0.3) is 5.69 Å². The molecule has 4 nitrogen and oxygen atoms in total. The van der Waals surface area contributed by atoms with Gasteiger partial charge in [0.2, 0.25) is 0 Å². The SMILES string of the molecule is CCCC1CCC(NCc2ccc(Cl)c([N+](=O)[O-])c2)CC1. The highest BCUT2D eigenvalue weighted by Crippen LogP contribution is 2.28. The van der Waals surface area contributed by atoms with Gasteiger partial charge in [0.15, 0.2) is 0 Å². The van der Waals surface area contributed by atoms with Gasteiger partial charge in [-0.05, 0) is 43.2 Å². The minimum Gasteiger partial charge on any atom is -0.310 e. The Hall–Kier alpha value is -1.13. The smallest absolute Gasteiger partial charge is 0.288 e. The summed E-state index contributed by atoms with van der Waals surface area (Å²) >= 11 is 5.82. The van der Waals surface area contributed by atoms with E-state index in [2.05, 4.69) is 12.2 Å². The molecule has 0 aromatic heterocycles. The van der Waals surface area contributed by atoms with E-state index in [1.807, 2.05) is 6.07 Å². The Morgan fingerprint density at radius 1 is 1.33 bits per heavy atom. The van der Waals surface area contributed by atoms with Gasteiger partial charge in [0.05, 0.1) is 4.92 Å². The summed E-state index contributed by atoms with van der Waals surface area (Å²) in [5.74, 6) is 0.893. The van der Waals surface area contributed by atoms with E-state index in [1.165, 1.54) is 38.5 Å². The first kappa shape index (κ1) is 16.2. The topological polar surface area (TPSA) is 55.2 Å². The lowest BCUT2D eigenvalue weighted by molar-refractivity contribution is -0.384. The third kappa shape index (κ3) is 4.68. The standard InChI is InChI=1S/C16H23ClN2O2/c1-2-3-12-4-7-14(8-5-12)18-11-13-6-9-15(17)16(10-13)19(20)21/h6,9-10,12,14,18H,2-5,7-8,11H2,1H3. The first-order valence-corrected chi connectivity index (χ1v) is 8.14. The zero-order valence-corrected chi connectivity index (χ0v) is 13.2. The predicted octanol–water partition coefficient (Wildman–Crippen LogP) is 4.70. The van der Waals surface area contributed by atoms with Crippen LogP contribution in [0.2, 0.25) is 5.02 Å². The van der Waals surface area contributed by atoms with Crippen molar-refractivity contribution in [1.82, 2.24) is 5.32 Å². The molecule has 1 aliphatic rings. The van der Waals surface area contributed by atoms with Gasteiger partial charge >= 0.3 is 0 Å². The molecule has 0 unspecified atom stereocenters. The fourth-order valence-corrected chi connectivity index (χ4v) is 3.32. The van der Waals surface area contributed by atoms with E-state index in [-0.39, 0.29) is 10.7 Å². The third-order valence-corrected chi connectivity index (χ3v) is 4.67. The van der Waals surface area contributed by atoms with Crippen LogP contribution < -0.4 is 5.32 Å². The second-order valence-corrected chi connectivity index (χ2v) is 6.34. The Bertz CT molecular complexity index is 485. The highest BCUT2D eigenvalue weighted by atomic mass is 35.5. The quantitative estimate of drug-likeness (QED) is 0.612. The van der Waals surface area contributed by atoms with Gasteiger partial charge in [-0.25, -0.2) is 0 Å². The molecule has 0 heterocycles. The van der Waals surface area contributed by atoms with Crippen molar-refractivity contribution in [3.8, 4) is 0 Å². The summed E-state index contributed by atoms with van der Waals surface area (Å²) in [6, 6.07) is 5.56. The van der Waals surface area contributed by atoms with Crippen LogP contribution >= 0.6 is 11.6 Å². The van der Waals surface area contributed by atoms with Gasteiger partial charge in [0.1, 0.15) is 5.02 Å². The summed E-state index contributed by atoms with van der Waals surface area (Å²) in [4.78, 5) is 10.4. The maximum atomic E-state index is 10.9. The summed E-state index contributed by atoms with van der Waals surface area (Å²) in [6.45, 7) is 2.92. The molecular weight excluding hydrogens is 288 g/mol. The summed E-state index contributed by atoms with van der Waals surface area (Å²) in [7, 11) is 0. The molecule has 1 N–H and O–H groups in total. The number of halogens is 1.